The first-order valence-corrected chi connectivity index (χ1v) is 10.5. The molecule has 3 aromatic rings. The third-order valence-electron chi connectivity index (χ3n) is 4.24. The van der Waals surface area contributed by atoms with Crippen LogP contribution in [0.4, 0.5) is 0 Å². The summed E-state index contributed by atoms with van der Waals surface area (Å²) in [7, 11) is -3.82. The zero-order chi connectivity index (χ0) is 19.6. The number of nitrogens with zero attached hydrogens (tertiary/aromatic N) is 2. The van der Waals surface area contributed by atoms with Crippen LogP contribution in [0, 0.1) is 6.92 Å². The van der Waals surface area contributed by atoms with Crippen LogP contribution in [0.3, 0.4) is 0 Å². The molecule has 0 amide bonds. The third-order valence-corrected chi connectivity index (χ3v) is 6.33. The number of hydrogen-bond acceptors (Lipinski definition) is 6. The second-order valence-electron chi connectivity index (χ2n) is 6.31. The first-order valence-electron chi connectivity index (χ1n) is 8.67. The second kappa shape index (κ2) is 8.03. The number of halogens is 1. The van der Waals surface area contributed by atoms with Crippen LogP contribution in [-0.4, -0.2) is 9.82 Å². The Kier molecular flexibility index (Phi) is 5.49. The molecule has 2 aromatic carbocycles. The Labute approximate surface area is 168 Å². The van der Waals surface area contributed by atoms with Crippen molar-refractivity contribution in [1.82, 2.24) is 9.82 Å². The lowest BCUT2D eigenvalue weighted by molar-refractivity contribution is -0.261. The SMILES string of the molecule is Cc1cc(O[P+]2([O-])Oc3cnccc3CN2OCc2ccccc2)ccc1Cl. The lowest BCUT2D eigenvalue weighted by Crippen LogP contribution is -2.40. The van der Waals surface area contributed by atoms with Gasteiger partial charge in [0.15, 0.2) is 5.75 Å². The lowest BCUT2D eigenvalue weighted by atomic mass is 10.2. The minimum atomic E-state index is -3.82. The number of fused-ring (bicyclic) bond motifs is 1. The lowest BCUT2D eigenvalue weighted by Gasteiger charge is -2.37. The highest BCUT2D eigenvalue weighted by atomic mass is 35.5. The normalized spacial score (nSPS) is 19.0. The molecule has 144 valence electrons. The fourth-order valence-corrected chi connectivity index (χ4v) is 4.39. The smallest absolute Gasteiger partial charge is 0.435 e. The number of hydrogen-bond donors (Lipinski definition) is 0. The van der Waals surface area contributed by atoms with Crippen molar-refractivity contribution in [3.05, 3.63) is 88.7 Å². The van der Waals surface area contributed by atoms with Gasteiger partial charge in [-0.1, -0.05) is 41.9 Å². The monoisotopic (exact) mass is 416 g/mol. The first kappa shape index (κ1) is 19.1. The van der Waals surface area contributed by atoms with Gasteiger partial charge >= 0.3 is 8.09 Å². The van der Waals surface area contributed by atoms with E-state index in [1.807, 2.05) is 37.3 Å². The Bertz CT molecular complexity index is 975. The molecular weight excluding hydrogens is 399 g/mol. The summed E-state index contributed by atoms with van der Waals surface area (Å²) >= 11 is 6.07. The van der Waals surface area contributed by atoms with Crippen LogP contribution in [0.2, 0.25) is 5.02 Å². The number of pyridine rings is 1. The molecule has 1 aliphatic rings. The van der Waals surface area contributed by atoms with Gasteiger partial charge in [-0.25, -0.2) is 0 Å². The summed E-state index contributed by atoms with van der Waals surface area (Å²) in [4.78, 5) is 24.8. The molecule has 1 unspecified atom stereocenters. The summed E-state index contributed by atoms with van der Waals surface area (Å²) < 4.78 is 11.5. The quantitative estimate of drug-likeness (QED) is 0.571. The highest BCUT2D eigenvalue weighted by Crippen LogP contribution is 2.59. The van der Waals surface area contributed by atoms with Crippen molar-refractivity contribution in [1.29, 1.82) is 0 Å². The topological polar surface area (TPSA) is 66.9 Å². The molecule has 1 atom stereocenters. The van der Waals surface area contributed by atoms with E-state index in [0.29, 0.717) is 16.5 Å². The standard InChI is InChI=1S/C20H18ClN2O4P/c1-15-11-18(7-8-19(15)21)26-28(24)23(25-14-16-5-3-2-4-6-16)13-17-9-10-22-12-20(17)27-28/h2-12H,13-14H2,1H3. The van der Waals surface area contributed by atoms with Crippen LogP contribution in [0.15, 0.2) is 67.0 Å². The van der Waals surface area contributed by atoms with Gasteiger partial charge in [-0.15, -0.1) is 0 Å². The van der Waals surface area contributed by atoms with Gasteiger partial charge in [0.05, 0.1) is 19.3 Å². The molecule has 6 nitrogen and oxygen atoms in total. The van der Waals surface area contributed by atoms with Crippen LogP contribution in [0.25, 0.3) is 0 Å². The molecule has 0 N–H and O–H groups in total. The van der Waals surface area contributed by atoms with Gasteiger partial charge in [-0.3, -0.25) is 18.9 Å². The fourth-order valence-electron chi connectivity index (χ4n) is 2.73. The van der Waals surface area contributed by atoms with E-state index in [-0.39, 0.29) is 13.2 Å². The van der Waals surface area contributed by atoms with Gasteiger partial charge in [0.2, 0.25) is 5.75 Å². The number of hydroxylamine groups is 1. The Balaban J connectivity index is 1.61. The average Bonchev–Trinajstić information content (AvgIpc) is 2.70. The fraction of sp³-hybridized carbons (Fsp3) is 0.150. The van der Waals surface area contributed by atoms with Gasteiger partial charge in [0, 0.05) is 21.6 Å². The van der Waals surface area contributed by atoms with E-state index in [2.05, 4.69) is 4.98 Å². The summed E-state index contributed by atoms with van der Waals surface area (Å²) in [6.07, 6.45) is 3.17. The molecule has 0 saturated carbocycles. The van der Waals surface area contributed by atoms with Gasteiger partial charge < -0.3 is 4.89 Å². The Hall–Kier alpha value is -2.21. The summed E-state index contributed by atoms with van der Waals surface area (Å²) in [6, 6.07) is 16.4. The molecular formula is C20H18ClN2O4P. The first-order chi connectivity index (χ1) is 13.5. The molecule has 1 aromatic heterocycles. The molecule has 1 aliphatic heterocycles. The van der Waals surface area contributed by atoms with E-state index in [1.165, 1.54) is 11.0 Å². The highest BCUT2D eigenvalue weighted by Gasteiger charge is 2.48. The van der Waals surface area contributed by atoms with Crippen LogP contribution in [-0.2, 0) is 18.0 Å². The molecule has 0 saturated heterocycles. The summed E-state index contributed by atoms with van der Waals surface area (Å²) in [6.45, 7) is 2.32. The van der Waals surface area contributed by atoms with Crippen molar-refractivity contribution in [2.45, 2.75) is 20.1 Å². The van der Waals surface area contributed by atoms with Gasteiger partial charge in [-0.05, 0) is 42.3 Å². The molecule has 0 spiro atoms. The minimum Gasteiger partial charge on any atom is -0.599 e. The maximum Gasteiger partial charge on any atom is 0.435 e. The van der Waals surface area contributed by atoms with E-state index >= 15 is 0 Å². The van der Waals surface area contributed by atoms with Crippen molar-refractivity contribution in [2.75, 3.05) is 0 Å². The molecule has 0 bridgehead atoms. The summed E-state index contributed by atoms with van der Waals surface area (Å²) in [5.41, 5.74) is 2.56. The molecule has 8 heteroatoms. The van der Waals surface area contributed by atoms with Crippen molar-refractivity contribution in [3.63, 3.8) is 0 Å². The molecule has 28 heavy (non-hydrogen) atoms. The summed E-state index contributed by atoms with van der Waals surface area (Å²) in [5.74, 6) is 0.793. The number of rotatable bonds is 5. The predicted molar refractivity (Wildman–Crippen MR) is 105 cm³/mol. The zero-order valence-electron chi connectivity index (χ0n) is 15.1. The van der Waals surface area contributed by atoms with E-state index in [4.69, 9.17) is 25.5 Å². The second-order valence-corrected chi connectivity index (χ2v) is 8.47. The van der Waals surface area contributed by atoms with Crippen LogP contribution in [0.5, 0.6) is 11.5 Å². The zero-order valence-corrected chi connectivity index (χ0v) is 16.8. The molecule has 0 aliphatic carbocycles. The largest absolute Gasteiger partial charge is 0.599 e. The highest BCUT2D eigenvalue weighted by molar-refractivity contribution is 7.57. The Morgan fingerprint density at radius 2 is 2.04 bits per heavy atom. The van der Waals surface area contributed by atoms with Gasteiger partial charge in [0.1, 0.15) is 0 Å². The minimum absolute atomic E-state index is 0.234. The van der Waals surface area contributed by atoms with Gasteiger partial charge in [0.25, 0.3) is 0 Å². The van der Waals surface area contributed by atoms with Crippen LogP contribution >= 0.6 is 19.7 Å². The van der Waals surface area contributed by atoms with E-state index in [9.17, 15) is 4.89 Å². The molecule has 0 radical (unpaired) electrons. The van der Waals surface area contributed by atoms with Gasteiger partial charge in [-0.2, -0.15) is 0 Å². The van der Waals surface area contributed by atoms with Crippen molar-refractivity contribution >= 4 is 19.7 Å². The maximum absolute atomic E-state index is 13.6. The molecule has 2 heterocycles. The van der Waals surface area contributed by atoms with Crippen molar-refractivity contribution in [3.8, 4) is 11.5 Å². The van der Waals surface area contributed by atoms with E-state index in [0.717, 1.165) is 16.7 Å². The number of aromatic nitrogens is 1. The van der Waals surface area contributed by atoms with Crippen LogP contribution in [0.1, 0.15) is 16.7 Å². The number of benzene rings is 2. The van der Waals surface area contributed by atoms with Crippen molar-refractivity contribution in [2.24, 2.45) is 0 Å². The Morgan fingerprint density at radius 3 is 2.82 bits per heavy atom. The van der Waals surface area contributed by atoms with Crippen molar-refractivity contribution < 1.29 is 18.8 Å². The van der Waals surface area contributed by atoms with E-state index in [1.54, 1.807) is 30.5 Å². The molecule has 0 fully saturated rings. The average molecular weight is 417 g/mol. The predicted octanol–water partition coefficient (Wildman–Crippen LogP) is 4.49. The Morgan fingerprint density at radius 1 is 1.21 bits per heavy atom. The third kappa shape index (κ3) is 4.12. The number of aryl methyl sites for hydroxylation is 1. The molecule has 4 rings (SSSR count). The van der Waals surface area contributed by atoms with Crippen LogP contribution < -0.4 is 13.9 Å². The summed E-state index contributed by atoms with van der Waals surface area (Å²) in [5, 5.41) is 0.599. The maximum atomic E-state index is 13.6. The van der Waals surface area contributed by atoms with E-state index < -0.39 is 8.09 Å².